The lowest BCUT2D eigenvalue weighted by molar-refractivity contribution is -0.135. The van der Waals surface area contributed by atoms with Crippen LogP contribution < -0.4 is 10.5 Å². The number of ether oxygens (including phenoxy) is 1. The van der Waals surface area contributed by atoms with Crippen LogP contribution in [0.4, 0.5) is 0 Å². The lowest BCUT2D eigenvalue weighted by Crippen LogP contribution is -2.10. The van der Waals surface area contributed by atoms with Gasteiger partial charge in [0.2, 0.25) is 0 Å². The summed E-state index contributed by atoms with van der Waals surface area (Å²) in [4.78, 5) is 14.8. The van der Waals surface area contributed by atoms with Gasteiger partial charge >= 0.3 is 5.97 Å². The van der Waals surface area contributed by atoms with Crippen molar-refractivity contribution in [3.63, 3.8) is 0 Å². The molecule has 0 aliphatic heterocycles. The van der Waals surface area contributed by atoms with Crippen molar-refractivity contribution in [2.24, 2.45) is 11.7 Å². The second-order valence-electron chi connectivity index (χ2n) is 4.82. The first-order valence-electron chi connectivity index (χ1n) is 6.11. The Morgan fingerprint density at radius 1 is 1.37 bits per heavy atom. The molecule has 1 aromatic heterocycles. The van der Waals surface area contributed by atoms with Crippen LogP contribution in [-0.2, 0) is 11.3 Å². The first kappa shape index (κ1) is 15.5. The Bertz CT molecular complexity index is 564. The highest BCUT2D eigenvalue weighted by atomic mass is 35.5. The Morgan fingerprint density at radius 2 is 2.11 bits per heavy atom. The van der Waals surface area contributed by atoms with Crippen LogP contribution in [0.5, 0.6) is 5.75 Å². The van der Waals surface area contributed by atoms with E-state index in [4.69, 9.17) is 10.5 Å². The van der Waals surface area contributed by atoms with Gasteiger partial charge in [0.05, 0.1) is 0 Å². The van der Waals surface area contributed by atoms with Gasteiger partial charge < -0.3 is 15.5 Å². The summed E-state index contributed by atoms with van der Waals surface area (Å²) in [6, 6.07) is 7.50. The fraction of sp³-hybridized carbons (Fsp3) is 0.357. The van der Waals surface area contributed by atoms with Gasteiger partial charge in [-0.25, -0.2) is 0 Å². The number of rotatable bonds is 4. The number of aromatic amines is 1. The van der Waals surface area contributed by atoms with Gasteiger partial charge in [-0.2, -0.15) is 0 Å². The molecular formula is C14H19ClN2O2. The molecule has 0 saturated carbocycles. The van der Waals surface area contributed by atoms with Gasteiger partial charge in [0, 0.05) is 29.6 Å². The van der Waals surface area contributed by atoms with Gasteiger partial charge in [0.15, 0.2) is 0 Å². The van der Waals surface area contributed by atoms with Crippen molar-refractivity contribution in [1.82, 2.24) is 4.98 Å². The lowest BCUT2D eigenvalue weighted by Gasteiger charge is -2.06. The molecule has 1 aromatic carbocycles. The normalized spacial score (nSPS) is 10.5. The molecule has 0 bridgehead atoms. The van der Waals surface area contributed by atoms with E-state index in [0.717, 1.165) is 16.6 Å². The number of aromatic nitrogens is 1. The number of carbonyl (C=O) groups is 1. The molecular weight excluding hydrogens is 264 g/mol. The van der Waals surface area contributed by atoms with Gasteiger partial charge in [-0.05, 0) is 30.2 Å². The molecule has 0 aliphatic rings. The zero-order chi connectivity index (χ0) is 13.1. The van der Waals surface area contributed by atoms with Crippen molar-refractivity contribution in [3.8, 4) is 5.75 Å². The maximum atomic E-state index is 11.6. The van der Waals surface area contributed by atoms with Crippen LogP contribution in [0.15, 0.2) is 24.3 Å². The molecule has 0 saturated heterocycles. The molecule has 0 radical (unpaired) electrons. The highest BCUT2D eigenvalue weighted by Crippen LogP contribution is 2.22. The van der Waals surface area contributed by atoms with Gasteiger partial charge in [-0.15, -0.1) is 12.4 Å². The molecule has 104 valence electrons. The SMILES string of the molecule is CC(C)CC(=O)Oc1ccc2[nH]c(CN)cc2c1.Cl. The minimum Gasteiger partial charge on any atom is -0.426 e. The van der Waals surface area contributed by atoms with E-state index >= 15 is 0 Å². The van der Waals surface area contributed by atoms with Crippen molar-refractivity contribution in [2.75, 3.05) is 0 Å². The highest BCUT2D eigenvalue weighted by Gasteiger charge is 2.08. The van der Waals surface area contributed by atoms with Crippen LogP contribution in [0.1, 0.15) is 26.0 Å². The molecule has 3 N–H and O–H groups in total. The Hall–Kier alpha value is -1.52. The smallest absolute Gasteiger partial charge is 0.311 e. The van der Waals surface area contributed by atoms with E-state index < -0.39 is 0 Å². The summed E-state index contributed by atoms with van der Waals surface area (Å²) in [5.74, 6) is 0.687. The second kappa shape index (κ2) is 6.59. The van der Waals surface area contributed by atoms with E-state index in [1.165, 1.54) is 0 Å². The Labute approximate surface area is 118 Å². The third-order valence-corrected chi connectivity index (χ3v) is 2.67. The molecule has 0 unspecified atom stereocenters. The number of hydrogen-bond donors (Lipinski definition) is 2. The number of carbonyl (C=O) groups excluding carboxylic acids is 1. The molecule has 19 heavy (non-hydrogen) atoms. The average Bonchev–Trinajstić information content (AvgIpc) is 2.69. The lowest BCUT2D eigenvalue weighted by atomic mass is 10.1. The summed E-state index contributed by atoms with van der Waals surface area (Å²) in [6.07, 6.45) is 0.430. The van der Waals surface area contributed by atoms with E-state index in [2.05, 4.69) is 4.98 Å². The quantitative estimate of drug-likeness (QED) is 0.669. The predicted molar refractivity (Wildman–Crippen MR) is 78.5 cm³/mol. The molecule has 0 spiro atoms. The van der Waals surface area contributed by atoms with Crippen LogP contribution in [0, 0.1) is 5.92 Å². The number of fused-ring (bicyclic) bond motifs is 1. The molecule has 2 aromatic rings. The number of hydrogen-bond acceptors (Lipinski definition) is 3. The van der Waals surface area contributed by atoms with E-state index in [1.807, 2.05) is 32.0 Å². The zero-order valence-electron chi connectivity index (χ0n) is 11.1. The fourth-order valence-corrected chi connectivity index (χ4v) is 1.85. The number of benzene rings is 1. The molecule has 1 heterocycles. The zero-order valence-corrected chi connectivity index (χ0v) is 11.9. The van der Waals surface area contributed by atoms with E-state index in [9.17, 15) is 4.79 Å². The fourth-order valence-electron chi connectivity index (χ4n) is 1.85. The summed E-state index contributed by atoms with van der Waals surface area (Å²) in [5.41, 5.74) is 7.54. The van der Waals surface area contributed by atoms with Gasteiger partial charge in [0.25, 0.3) is 0 Å². The molecule has 0 amide bonds. The molecule has 2 rings (SSSR count). The molecule has 4 nitrogen and oxygen atoms in total. The topological polar surface area (TPSA) is 68.1 Å². The number of H-pyrrole nitrogens is 1. The number of nitrogens with two attached hydrogens (primary N) is 1. The Balaban J connectivity index is 0.00000180. The van der Waals surface area contributed by atoms with Crippen molar-refractivity contribution < 1.29 is 9.53 Å². The predicted octanol–water partition coefficient (Wildman–Crippen LogP) is 3.00. The first-order valence-corrected chi connectivity index (χ1v) is 6.11. The summed E-state index contributed by atoms with van der Waals surface area (Å²) in [7, 11) is 0. The Morgan fingerprint density at radius 3 is 2.74 bits per heavy atom. The summed E-state index contributed by atoms with van der Waals surface area (Å²) in [5, 5.41) is 1.00. The summed E-state index contributed by atoms with van der Waals surface area (Å²) >= 11 is 0. The van der Waals surface area contributed by atoms with Crippen LogP contribution in [0.2, 0.25) is 0 Å². The van der Waals surface area contributed by atoms with Crippen molar-refractivity contribution in [1.29, 1.82) is 0 Å². The molecule has 5 heteroatoms. The number of halogens is 1. The minimum absolute atomic E-state index is 0. The largest absolute Gasteiger partial charge is 0.426 e. The third kappa shape index (κ3) is 3.98. The van der Waals surface area contributed by atoms with Gasteiger partial charge in [0.1, 0.15) is 5.75 Å². The first-order chi connectivity index (χ1) is 8.58. The maximum Gasteiger partial charge on any atom is 0.311 e. The summed E-state index contributed by atoms with van der Waals surface area (Å²) in [6.45, 7) is 4.45. The van der Waals surface area contributed by atoms with E-state index in [0.29, 0.717) is 24.6 Å². The van der Waals surface area contributed by atoms with E-state index in [1.54, 1.807) is 6.07 Å². The van der Waals surface area contributed by atoms with Crippen LogP contribution in [-0.4, -0.2) is 11.0 Å². The number of nitrogens with one attached hydrogen (secondary N) is 1. The van der Waals surface area contributed by atoms with Gasteiger partial charge in [-0.3, -0.25) is 4.79 Å². The average molecular weight is 283 g/mol. The van der Waals surface area contributed by atoms with Crippen molar-refractivity contribution in [2.45, 2.75) is 26.8 Å². The Kier molecular flexibility index (Phi) is 5.39. The van der Waals surface area contributed by atoms with E-state index in [-0.39, 0.29) is 18.4 Å². The van der Waals surface area contributed by atoms with Gasteiger partial charge in [-0.1, -0.05) is 13.8 Å². The van der Waals surface area contributed by atoms with Crippen LogP contribution in [0.3, 0.4) is 0 Å². The third-order valence-electron chi connectivity index (χ3n) is 2.67. The molecule has 0 atom stereocenters. The van der Waals surface area contributed by atoms with Crippen molar-refractivity contribution in [3.05, 3.63) is 30.0 Å². The highest BCUT2D eigenvalue weighted by molar-refractivity contribution is 5.85. The molecule has 0 fully saturated rings. The van der Waals surface area contributed by atoms with Crippen LogP contribution >= 0.6 is 12.4 Å². The minimum atomic E-state index is -0.195. The number of esters is 1. The second-order valence-corrected chi connectivity index (χ2v) is 4.82. The monoisotopic (exact) mass is 282 g/mol. The molecule has 0 aliphatic carbocycles. The maximum absolute atomic E-state index is 11.6. The standard InChI is InChI=1S/C14H18N2O2.ClH/c1-9(2)5-14(17)18-12-3-4-13-10(7-12)6-11(8-15)16-13;/h3-4,6-7,9,16H,5,8,15H2,1-2H3;1H. The van der Waals surface area contributed by atoms with Crippen LogP contribution in [0.25, 0.3) is 10.9 Å². The summed E-state index contributed by atoms with van der Waals surface area (Å²) < 4.78 is 5.29. The van der Waals surface area contributed by atoms with Crippen molar-refractivity contribution >= 4 is 29.3 Å².